The van der Waals surface area contributed by atoms with Crippen LogP contribution in [0.1, 0.15) is 12.0 Å². The zero-order chi connectivity index (χ0) is 12.8. The number of ether oxygens (including phenoxy) is 2. The van der Waals surface area contributed by atoms with Crippen LogP contribution < -0.4 is 10.1 Å². The summed E-state index contributed by atoms with van der Waals surface area (Å²) in [6.45, 7) is 1.75. The van der Waals surface area contributed by atoms with E-state index in [9.17, 15) is 4.79 Å². The first-order valence-corrected chi connectivity index (χ1v) is 5.72. The molecular weight excluding hydrogens is 232 g/mol. The van der Waals surface area contributed by atoms with E-state index < -0.39 is 5.97 Å². The lowest BCUT2D eigenvalue weighted by Gasteiger charge is -2.12. The number of rotatable bonds is 2. The van der Waals surface area contributed by atoms with E-state index in [0.717, 1.165) is 19.5 Å². The molecular formula is C13H14N2O3. The van der Waals surface area contributed by atoms with Crippen molar-refractivity contribution in [3.05, 3.63) is 23.9 Å². The lowest BCUT2D eigenvalue weighted by molar-refractivity contribution is -0.133. The fourth-order valence-electron chi connectivity index (χ4n) is 1.64. The lowest BCUT2D eigenvalue weighted by atomic mass is 10.2. The van der Waals surface area contributed by atoms with Gasteiger partial charge in [0.1, 0.15) is 6.10 Å². The predicted molar refractivity (Wildman–Crippen MR) is 65.0 cm³/mol. The maximum atomic E-state index is 11.0. The van der Waals surface area contributed by atoms with Crippen LogP contribution in [0.25, 0.3) is 0 Å². The third kappa shape index (κ3) is 3.22. The zero-order valence-corrected chi connectivity index (χ0v) is 10.1. The number of hydrogen-bond acceptors (Lipinski definition) is 5. The number of aromatic nitrogens is 1. The Hall–Kier alpha value is -2.06. The molecule has 1 aliphatic rings. The third-order valence-electron chi connectivity index (χ3n) is 2.55. The van der Waals surface area contributed by atoms with E-state index in [-0.39, 0.29) is 6.10 Å². The second-order valence-electron chi connectivity index (χ2n) is 3.83. The monoisotopic (exact) mass is 246 g/mol. The highest BCUT2D eigenvalue weighted by molar-refractivity contribution is 5.89. The van der Waals surface area contributed by atoms with E-state index in [1.165, 1.54) is 7.11 Å². The second-order valence-corrected chi connectivity index (χ2v) is 3.83. The molecule has 0 aromatic carbocycles. The molecule has 0 bridgehead atoms. The van der Waals surface area contributed by atoms with Gasteiger partial charge in [0.25, 0.3) is 0 Å². The predicted octanol–water partition coefficient (Wildman–Crippen LogP) is 0.347. The van der Waals surface area contributed by atoms with Crippen LogP contribution in [0.15, 0.2) is 18.3 Å². The highest BCUT2D eigenvalue weighted by Gasteiger charge is 2.17. The average molecular weight is 246 g/mol. The summed E-state index contributed by atoms with van der Waals surface area (Å²) in [6.07, 6.45) is 2.69. The van der Waals surface area contributed by atoms with Crippen LogP contribution in [0.2, 0.25) is 0 Å². The van der Waals surface area contributed by atoms with Crippen LogP contribution in [0.3, 0.4) is 0 Å². The number of carbonyl (C=O) groups excluding carboxylic acids is 1. The molecule has 1 aliphatic heterocycles. The average Bonchev–Trinajstić information content (AvgIpc) is 2.90. The number of pyridine rings is 1. The van der Waals surface area contributed by atoms with Crippen LogP contribution in [-0.2, 0) is 9.53 Å². The van der Waals surface area contributed by atoms with Gasteiger partial charge in [0.05, 0.1) is 12.7 Å². The maximum absolute atomic E-state index is 11.0. The van der Waals surface area contributed by atoms with Gasteiger partial charge in [0.15, 0.2) is 0 Å². The molecule has 0 aliphatic carbocycles. The van der Waals surface area contributed by atoms with Crippen LogP contribution in [0.5, 0.6) is 5.88 Å². The first-order valence-electron chi connectivity index (χ1n) is 5.72. The number of carbonyl (C=O) groups is 1. The molecule has 1 aromatic rings. The van der Waals surface area contributed by atoms with Gasteiger partial charge in [-0.05, 0) is 31.0 Å². The van der Waals surface area contributed by atoms with Crippen LogP contribution in [0, 0.1) is 11.8 Å². The van der Waals surface area contributed by atoms with Gasteiger partial charge in [-0.1, -0.05) is 0 Å². The Kier molecular flexibility index (Phi) is 4.15. The van der Waals surface area contributed by atoms with Gasteiger partial charge in [0.2, 0.25) is 5.88 Å². The Morgan fingerprint density at radius 1 is 1.61 bits per heavy atom. The number of nitrogens with one attached hydrogen (secondary N) is 1. The minimum Gasteiger partial charge on any atom is -0.472 e. The standard InChI is InChI=1S/C13H14N2O3/c1-17-12(16)5-4-10-3-2-7-15-13(10)18-11-6-8-14-9-11/h2-3,7,11,14H,6,8-9H2,1H3. The fourth-order valence-corrected chi connectivity index (χ4v) is 1.64. The molecule has 1 aromatic heterocycles. The largest absolute Gasteiger partial charge is 0.472 e. The first-order chi connectivity index (χ1) is 8.79. The van der Waals surface area contributed by atoms with Gasteiger partial charge in [0, 0.05) is 18.7 Å². The highest BCUT2D eigenvalue weighted by Crippen LogP contribution is 2.16. The van der Waals surface area contributed by atoms with Crippen molar-refractivity contribution >= 4 is 5.97 Å². The SMILES string of the molecule is COC(=O)C#Cc1cccnc1OC1CCNC1. The summed E-state index contributed by atoms with van der Waals surface area (Å²) in [4.78, 5) is 15.1. The Bertz CT molecular complexity index is 484. The van der Waals surface area contributed by atoms with E-state index in [2.05, 4.69) is 26.9 Å². The van der Waals surface area contributed by atoms with Crippen LogP contribution in [0.4, 0.5) is 0 Å². The Balaban J connectivity index is 2.13. The van der Waals surface area contributed by atoms with Gasteiger partial charge in [-0.25, -0.2) is 9.78 Å². The third-order valence-corrected chi connectivity index (χ3v) is 2.55. The van der Waals surface area contributed by atoms with Gasteiger partial charge < -0.3 is 14.8 Å². The molecule has 1 unspecified atom stereocenters. The molecule has 1 N–H and O–H groups in total. The minimum absolute atomic E-state index is 0.110. The highest BCUT2D eigenvalue weighted by atomic mass is 16.5. The molecule has 2 heterocycles. The molecule has 1 saturated heterocycles. The van der Waals surface area contributed by atoms with E-state index in [0.29, 0.717) is 11.4 Å². The summed E-state index contributed by atoms with van der Waals surface area (Å²) >= 11 is 0. The van der Waals surface area contributed by atoms with E-state index in [1.54, 1.807) is 18.3 Å². The quantitative estimate of drug-likeness (QED) is 0.602. The lowest BCUT2D eigenvalue weighted by Crippen LogP contribution is -2.20. The molecule has 18 heavy (non-hydrogen) atoms. The van der Waals surface area contributed by atoms with Crippen molar-refractivity contribution in [3.8, 4) is 17.7 Å². The number of esters is 1. The van der Waals surface area contributed by atoms with Gasteiger partial charge >= 0.3 is 5.97 Å². The summed E-state index contributed by atoms with van der Waals surface area (Å²) in [5, 5.41) is 3.21. The summed E-state index contributed by atoms with van der Waals surface area (Å²) < 4.78 is 10.2. The normalized spacial score (nSPS) is 17.7. The molecule has 1 atom stereocenters. The Morgan fingerprint density at radius 3 is 3.22 bits per heavy atom. The van der Waals surface area contributed by atoms with Crippen molar-refractivity contribution in [2.45, 2.75) is 12.5 Å². The Morgan fingerprint density at radius 2 is 2.50 bits per heavy atom. The summed E-state index contributed by atoms with van der Waals surface area (Å²) in [5.41, 5.74) is 0.592. The first kappa shape index (κ1) is 12.4. The second kappa shape index (κ2) is 6.03. The number of nitrogens with zero attached hydrogens (tertiary/aromatic N) is 1. The van der Waals surface area contributed by atoms with Crippen molar-refractivity contribution in [2.24, 2.45) is 0 Å². The summed E-state index contributed by atoms with van der Waals surface area (Å²) in [6, 6.07) is 3.52. The molecule has 5 heteroatoms. The van der Waals surface area contributed by atoms with Crippen molar-refractivity contribution in [1.82, 2.24) is 10.3 Å². The van der Waals surface area contributed by atoms with Crippen molar-refractivity contribution in [3.63, 3.8) is 0 Å². The van der Waals surface area contributed by atoms with Gasteiger partial charge in [-0.15, -0.1) is 0 Å². The van der Waals surface area contributed by atoms with E-state index >= 15 is 0 Å². The number of methoxy groups -OCH3 is 1. The van der Waals surface area contributed by atoms with Crippen LogP contribution >= 0.6 is 0 Å². The molecule has 0 radical (unpaired) electrons. The van der Waals surface area contributed by atoms with Gasteiger partial charge in [-0.3, -0.25) is 0 Å². The molecule has 0 amide bonds. The molecule has 94 valence electrons. The topological polar surface area (TPSA) is 60.5 Å². The van der Waals surface area contributed by atoms with Crippen molar-refractivity contribution < 1.29 is 14.3 Å². The van der Waals surface area contributed by atoms with Crippen molar-refractivity contribution in [2.75, 3.05) is 20.2 Å². The number of hydrogen-bond donors (Lipinski definition) is 1. The summed E-state index contributed by atoms with van der Waals surface area (Å²) in [7, 11) is 1.29. The summed E-state index contributed by atoms with van der Waals surface area (Å²) in [5.74, 6) is 4.96. The molecule has 2 rings (SSSR count). The smallest absolute Gasteiger partial charge is 0.384 e. The molecule has 0 spiro atoms. The van der Waals surface area contributed by atoms with Gasteiger partial charge in [-0.2, -0.15) is 0 Å². The fraction of sp³-hybridized carbons (Fsp3) is 0.385. The minimum atomic E-state index is -0.577. The Labute approximate surface area is 106 Å². The maximum Gasteiger partial charge on any atom is 0.384 e. The van der Waals surface area contributed by atoms with E-state index in [4.69, 9.17) is 4.74 Å². The van der Waals surface area contributed by atoms with E-state index in [1.807, 2.05) is 0 Å². The molecule has 1 fully saturated rings. The molecule has 0 saturated carbocycles. The molecule has 5 nitrogen and oxygen atoms in total. The zero-order valence-electron chi connectivity index (χ0n) is 10.1. The van der Waals surface area contributed by atoms with Crippen LogP contribution in [-0.4, -0.2) is 37.3 Å². The van der Waals surface area contributed by atoms with Crippen molar-refractivity contribution in [1.29, 1.82) is 0 Å².